The Morgan fingerprint density at radius 2 is 1.44 bits per heavy atom. The first-order chi connectivity index (χ1) is 7.38. The first-order valence-electron chi connectivity index (χ1n) is 5.56. The fourth-order valence-corrected chi connectivity index (χ4v) is 2.42. The van der Waals surface area contributed by atoms with E-state index in [0.717, 1.165) is 32.1 Å². The van der Waals surface area contributed by atoms with Gasteiger partial charge in [-0.25, -0.2) is 9.59 Å². The third-order valence-electron chi connectivity index (χ3n) is 3.67. The van der Waals surface area contributed by atoms with Crippen molar-refractivity contribution in [2.24, 2.45) is 5.41 Å². The maximum Gasteiger partial charge on any atom is 0.343 e. The first kappa shape index (κ1) is 12.7. The number of carboxylic acid groups (broad SMARTS) is 2. The zero-order valence-corrected chi connectivity index (χ0v) is 9.75. The summed E-state index contributed by atoms with van der Waals surface area (Å²) in [4.78, 5) is 21.9. The summed E-state index contributed by atoms with van der Waals surface area (Å²) in [5.41, 5.74) is -0.207. The van der Waals surface area contributed by atoms with Gasteiger partial charge in [0, 0.05) is 0 Å². The molecule has 1 rings (SSSR count). The second kappa shape index (κ2) is 4.68. The average Bonchev–Trinajstić information content (AvgIpc) is 2.17. The molecule has 0 bridgehead atoms. The monoisotopic (exact) mass is 226 g/mol. The molecular formula is C12H18O4. The SMILES string of the molecule is CC(=C(C(=O)O)C(=O)O)C1(C)CCCCC1. The van der Waals surface area contributed by atoms with Crippen LogP contribution < -0.4 is 0 Å². The fourth-order valence-electron chi connectivity index (χ4n) is 2.42. The van der Waals surface area contributed by atoms with Crippen LogP contribution in [0.5, 0.6) is 0 Å². The van der Waals surface area contributed by atoms with Gasteiger partial charge in [0.15, 0.2) is 0 Å². The molecule has 1 saturated carbocycles. The van der Waals surface area contributed by atoms with E-state index in [1.54, 1.807) is 6.92 Å². The van der Waals surface area contributed by atoms with Crippen molar-refractivity contribution in [1.82, 2.24) is 0 Å². The summed E-state index contributed by atoms with van der Waals surface area (Å²) in [6.07, 6.45) is 4.99. The highest BCUT2D eigenvalue weighted by Gasteiger charge is 2.34. The van der Waals surface area contributed by atoms with Crippen LogP contribution in [-0.4, -0.2) is 22.2 Å². The van der Waals surface area contributed by atoms with Crippen LogP contribution in [0.15, 0.2) is 11.1 Å². The zero-order valence-electron chi connectivity index (χ0n) is 9.75. The van der Waals surface area contributed by atoms with E-state index in [1.165, 1.54) is 0 Å². The number of carboxylic acids is 2. The molecule has 0 spiro atoms. The Balaban J connectivity index is 3.12. The minimum absolute atomic E-state index is 0.260. The van der Waals surface area contributed by atoms with Crippen LogP contribution in [0.1, 0.15) is 46.0 Å². The van der Waals surface area contributed by atoms with Crippen molar-refractivity contribution >= 4 is 11.9 Å². The third-order valence-corrected chi connectivity index (χ3v) is 3.67. The summed E-state index contributed by atoms with van der Waals surface area (Å²) >= 11 is 0. The highest BCUT2D eigenvalue weighted by atomic mass is 16.4. The highest BCUT2D eigenvalue weighted by molar-refractivity contribution is 6.13. The van der Waals surface area contributed by atoms with E-state index in [2.05, 4.69) is 0 Å². The molecular weight excluding hydrogens is 208 g/mol. The lowest BCUT2D eigenvalue weighted by Gasteiger charge is -2.35. The van der Waals surface area contributed by atoms with Gasteiger partial charge in [0.2, 0.25) is 0 Å². The van der Waals surface area contributed by atoms with Crippen LogP contribution >= 0.6 is 0 Å². The van der Waals surface area contributed by atoms with Crippen molar-refractivity contribution in [2.45, 2.75) is 46.0 Å². The summed E-state index contributed by atoms with van der Waals surface area (Å²) in [6, 6.07) is 0. The molecule has 0 aromatic heterocycles. The summed E-state index contributed by atoms with van der Waals surface area (Å²) in [6.45, 7) is 3.61. The summed E-state index contributed by atoms with van der Waals surface area (Å²) in [5, 5.41) is 17.8. The maximum absolute atomic E-state index is 10.9. The van der Waals surface area contributed by atoms with Crippen molar-refractivity contribution in [3.8, 4) is 0 Å². The lowest BCUT2D eigenvalue weighted by molar-refractivity contribution is -0.140. The molecule has 0 aliphatic heterocycles. The Kier molecular flexibility index (Phi) is 3.73. The van der Waals surface area contributed by atoms with Gasteiger partial charge >= 0.3 is 11.9 Å². The molecule has 4 nitrogen and oxygen atoms in total. The van der Waals surface area contributed by atoms with E-state index in [0.29, 0.717) is 5.57 Å². The molecule has 0 radical (unpaired) electrons. The van der Waals surface area contributed by atoms with Gasteiger partial charge in [0.25, 0.3) is 0 Å². The van der Waals surface area contributed by atoms with Crippen LogP contribution in [0.3, 0.4) is 0 Å². The van der Waals surface area contributed by atoms with Crippen molar-refractivity contribution < 1.29 is 19.8 Å². The molecule has 1 fully saturated rings. The topological polar surface area (TPSA) is 74.6 Å². The van der Waals surface area contributed by atoms with Crippen molar-refractivity contribution in [2.75, 3.05) is 0 Å². The highest BCUT2D eigenvalue weighted by Crippen LogP contribution is 2.42. The van der Waals surface area contributed by atoms with Gasteiger partial charge in [-0.05, 0) is 30.8 Å². The molecule has 16 heavy (non-hydrogen) atoms. The van der Waals surface area contributed by atoms with Crippen LogP contribution in [0.2, 0.25) is 0 Å². The molecule has 0 unspecified atom stereocenters. The number of hydrogen-bond acceptors (Lipinski definition) is 2. The molecule has 90 valence electrons. The molecule has 0 amide bonds. The zero-order chi connectivity index (χ0) is 12.3. The van der Waals surface area contributed by atoms with E-state index in [4.69, 9.17) is 10.2 Å². The van der Waals surface area contributed by atoms with Gasteiger partial charge in [-0.2, -0.15) is 0 Å². The van der Waals surface area contributed by atoms with Crippen molar-refractivity contribution in [3.63, 3.8) is 0 Å². The predicted molar refractivity (Wildman–Crippen MR) is 59.2 cm³/mol. The van der Waals surface area contributed by atoms with Crippen LogP contribution in [0.25, 0.3) is 0 Å². The maximum atomic E-state index is 10.9. The van der Waals surface area contributed by atoms with E-state index in [-0.39, 0.29) is 5.41 Å². The summed E-state index contributed by atoms with van der Waals surface area (Å²) < 4.78 is 0. The van der Waals surface area contributed by atoms with Crippen molar-refractivity contribution in [1.29, 1.82) is 0 Å². The van der Waals surface area contributed by atoms with E-state index in [1.807, 2.05) is 6.92 Å². The van der Waals surface area contributed by atoms with Crippen LogP contribution in [0, 0.1) is 5.41 Å². The Morgan fingerprint density at radius 3 is 1.81 bits per heavy atom. The lowest BCUT2D eigenvalue weighted by Crippen LogP contribution is -2.26. The second-order valence-electron chi connectivity index (χ2n) is 4.73. The number of hydrogen-bond donors (Lipinski definition) is 2. The predicted octanol–water partition coefficient (Wildman–Crippen LogP) is 2.44. The molecule has 2 N–H and O–H groups in total. The van der Waals surface area contributed by atoms with Gasteiger partial charge in [0.05, 0.1) is 0 Å². The van der Waals surface area contributed by atoms with E-state index < -0.39 is 17.5 Å². The molecule has 0 saturated heterocycles. The normalized spacial score (nSPS) is 18.9. The molecule has 0 atom stereocenters. The molecule has 0 aromatic rings. The smallest absolute Gasteiger partial charge is 0.343 e. The lowest BCUT2D eigenvalue weighted by atomic mass is 9.69. The number of carbonyl (C=O) groups is 2. The summed E-state index contributed by atoms with van der Waals surface area (Å²) in [5.74, 6) is -2.67. The molecule has 4 heteroatoms. The molecule has 0 heterocycles. The van der Waals surface area contributed by atoms with Crippen LogP contribution in [0.4, 0.5) is 0 Å². The molecule has 1 aliphatic carbocycles. The van der Waals surface area contributed by atoms with Gasteiger partial charge in [-0.1, -0.05) is 26.2 Å². The second-order valence-corrected chi connectivity index (χ2v) is 4.73. The minimum atomic E-state index is -1.34. The quantitative estimate of drug-likeness (QED) is 0.440. The van der Waals surface area contributed by atoms with Gasteiger partial charge < -0.3 is 10.2 Å². The number of allylic oxidation sites excluding steroid dienone is 1. The van der Waals surface area contributed by atoms with E-state index in [9.17, 15) is 9.59 Å². The third kappa shape index (κ3) is 2.43. The Bertz CT molecular complexity index is 319. The summed E-state index contributed by atoms with van der Waals surface area (Å²) in [7, 11) is 0. The largest absolute Gasteiger partial charge is 0.477 e. The average molecular weight is 226 g/mol. The van der Waals surface area contributed by atoms with Gasteiger partial charge in [-0.15, -0.1) is 0 Å². The van der Waals surface area contributed by atoms with E-state index >= 15 is 0 Å². The molecule has 1 aliphatic rings. The minimum Gasteiger partial charge on any atom is -0.477 e. The van der Waals surface area contributed by atoms with Gasteiger partial charge in [0.1, 0.15) is 5.57 Å². The van der Waals surface area contributed by atoms with Crippen molar-refractivity contribution in [3.05, 3.63) is 11.1 Å². The molecule has 0 aromatic carbocycles. The number of aliphatic carboxylic acids is 2. The van der Waals surface area contributed by atoms with Crippen LogP contribution in [-0.2, 0) is 9.59 Å². The first-order valence-corrected chi connectivity index (χ1v) is 5.56. The Labute approximate surface area is 95.0 Å². The Morgan fingerprint density at radius 1 is 1.00 bits per heavy atom. The Hall–Kier alpha value is -1.32. The van der Waals surface area contributed by atoms with Gasteiger partial charge in [-0.3, -0.25) is 0 Å². The standard InChI is InChI=1S/C12H18O4/c1-8(9(10(13)14)11(15)16)12(2)6-4-3-5-7-12/h3-7H2,1-2H3,(H,13,14)(H,15,16). The fraction of sp³-hybridized carbons (Fsp3) is 0.667. The number of rotatable bonds is 3.